The minimum absolute atomic E-state index is 0.102. The van der Waals surface area contributed by atoms with Gasteiger partial charge in [-0.1, -0.05) is 30.3 Å². The molecule has 3 rings (SSSR count). The van der Waals surface area contributed by atoms with Gasteiger partial charge in [0.1, 0.15) is 23.3 Å². The molecule has 0 spiro atoms. The third-order valence-electron chi connectivity index (χ3n) is 4.05. The highest BCUT2D eigenvalue weighted by Gasteiger charge is 2.42. The first-order chi connectivity index (χ1) is 11.0. The summed E-state index contributed by atoms with van der Waals surface area (Å²) in [6, 6.07) is 13.4. The van der Waals surface area contributed by atoms with E-state index in [4.69, 9.17) is 9.84 Å². The third kappa shape index (κ3) is 3.35. The SMILES string of the molecule is O=C(O)C[C@]1(O)C[C@@H](Cc2ccccc2)Oc2ccc(F)cc21. The van der Waals surface area contributed by atoms with Gasteiger partial charge in [-0.3, -0.25) is 4.79 Å². The van der Waals surface area contributed by atoms with Crippen LogP contribution in [-0.4, -0.2) is 22.3 Å². The Hall–Kier alpha value is -2.40. The summed E-state index contributed by atoms with van der Waals surface area (Å²) >= 11 is 0. The van der Waals surface area contributed by atoms with Gasteiger partial charge in [0.2, 0.25) is 0 Å². The number of hydrogen-bond donors (Lipinski definition) is 2. The van der Waals surface area contributed by atoms with Crippen molar-refractivity contribution in [1.82, 2.24) is 0 Å². The summed E-state index contributed by atoms with van der Waals surface area (Å²) in [5, 5.41) is 19.9. The van der Waals surface area contributed by atoms with Crippen molar-refractivity contribution >= 4 is 5.97 Å². The molecule has 4 nitrogen and oxygen atoms in total. The van der Waals surface area contributed by atoms with Gasteiger partial charge in [-0.05, 0) is 23.8 Å². The van der Waals surface area contributed by atoms with Crippen LogP contribution in [0.15, 0.2) is 48.5 Å². The standard InChI is InChI=1S/C18H17FO4/c19-13-6-7-16-15(9-13)18(22,11-17(20)21)10-14(23-16)8-12-4-2-1-3-5-12/h1-7,9,14,22H,8,10-11H2,(H,20,21)/t14-,18-/m1/s1. The molecule has 2 aromatic rings. The minimum Gasteiger partial charge on any atom is -0.490 e. The molecule has 120 valence electrons. The Kier molecular flexibility index (Phi) is 4.05. The van der Waals surface area contributed by atoms with Gasteiger partial charge in [0.15, 0.2) is 0 Å². The number of carboxylic acids is 1. The molecular formula is C18H17FO4. The van der Waals surface area contributed by atoms with Crippen LogP contribution in [0.2, 0.25) is 0 Å². The summed E-state index contributed by atoms with van der Waals surface area (Å²) in [7, 11) is 0. The van der Waals surface area contributed by atoms with Crippen molar-refractivity contribution in [2.45, 2.75) is 31.0 Å². The average molecular weight is 316 g/mol. The zero-order valence-electron chi connectivity index (χ0n) is 12.4. The molecule has 0 bridgehead atoms. The molecule has 0 amide bonds. The Bertz CT molecular complexity index is 716. The molecule has 1 aliphatic heterocycles. The molecule has 1 heterocycles. The van der Waals surface area contributed by atoms with Crippen molar-refractivity contribution < 1.29 is 24.1 Å². The lowest BCUT2D eigenvalue weighted by Gasteiger charge is -2.38. The monoisotopic (exact) mass is 316 g/mol. The number of carboxylic acid groups (broad SMARTS) is 1. The number of benzene rings is 2. The van der Waals surface area contributed by atoms with Crippen molar-refractivity contribution in [3.63, 3.8) is 0 Å². The number of aliphatic hydroxyl groups is 1. The fourth-order valence-corrected chi connectivity index (χ4v) is 3.08. The highest BCUT2D eigenvalue weighted by molar-refractivity contribution is 5.69. The second kappa shape index (κ2) is 6.01. The van der Waals surface area contributed by atoms with E-state index in [0.29, 0.717) is 12.2 Å². The maximum absolute atomic E-state index is 13.5. The molecule has 2 aromatic carbocycles. The summed E-state index contributed by atoms with van der Waals surface area (Å²) in [6.45, 7) is 0. The Balaban J connectivity index is 1.93. The van der Waals surface area contributed by atoms with Crippen LogP contribution in [0.5, 0.6) is 5.75 Å². The minimum atomic E-state index is -1.64. The number of ether oxygens (including phenoxy) is 1. The largest absolute Gasteiger partial charge is 0.490 e. The summed E-state index contributed by atoms with van der Waals surface area (Å²) < 4.78 is 19.4. The van der Waals surface area contributed by atoms with Gasteiger partial charge in [-0.25, -0.2) is 4.39 Å². The lowest BCUT2D eigenvalue weighted by molar-refractivity contribution is -0.145. The van der Waals surface area contributed by atoms with Crippen LogP contribution in [0.25, 0.3) is 0 Å². The molecule has 0 saturated heterocycles. The smallest absolute Gasteiger partial charge is 0.306 e. The summed E-state index contributed by atoms with van der Waals surface area (Å²) in [5.41, 5.74) is -0.411. The lowest BCUT2D eigenvalue weighted by atomic mass is 9.81. The fourth-order valence-electron chi connectivity index (χ4n) is 3.08. The second-order valence-corrected chi connectivity index (χ2v) is 5.88. The lowest BCUT2D eigenvalue weighted by Crippen LogP contribution is -2.41. The van der Waals surface area contributed by atoms with Gasteiger partial charge in [0, 0.05) is 18.4 Å². The molecule has 0 unspecified atom stereocenters. The molecule has 23 heavy (non-hydrogen) atoms. The zero-order valence-corrected chi connectivity index (χ0v) is 12.4. The van der Waals surface area contributed by atoms with E-state index in [-0.39, 0.29) is 18.1 Å². The van der Waals surface area contributed by atoms with Gasteiger partial charge in [0.05, 0.1) is 6.42 Å². The van der Waals surface area contributed by atoms with Crippen molar-refractivity contribution in [1.29, 1.82) is 0 Å². The van der Waals surface area contributed by atoms with E-state index in [9.17, 15) is 14.3 Å². The van der Waals surface area contributed by atoms with E-state index < -0.39 is 23.8 Å². The summed E-state index contributed by atoms with van der Waals surface area (Å²) in [5.74, 6) is -1.33. The Morgan fingerprint density at radius 1 is 1.26 bits per heavy atom. The maximum atomic E-state index is 13.5. The first-order valence-corrected chi connectivity index (χ1v) is 7.41. The van der Waals surface area contributed by atoms with Crippen LogP contribution in [0, 0.1) is 5.82 Å². The van der Waals surface area contributed by atoms with Gasteiger partial charge in [0.25, 0.3) is 0 Å². The molecule has 5 heteroatoms. The predicted molar refractivity (Wildman–Crippen MR) is 81.7 cm³/mol. The molecule has 0 saturated carbocycles. The molecule has 2 N–H and O–H groups in total. The number of halogens is 1. The third-order valence-corrected chi connectivity index (χ3v) is 4.05. The van der Waals surface area contributed by atoms with E-state index in [0.717, 1.165) is 11.6 Å². The Morgan fingerprint density at radius 2 is 2.00 bits per heavy atom. The van der Waals surface area contributed by atoms with Crippen molar-refractivity contribution in [3.05, 3.63) is 65.5 Å². The Morgan fingerprint density at radius 3 is 2.70 bits per heavy atom. The van der Waals surface area contributed by atoms with E-state index in [1.165, 1.54) is 12.1 Å². The highest BCUT2D eigenvalue weighted by Crippen LogP contribution is 2.42. The fraction of sp³-hybridized carbons (Fsp3) is 0.278. The molecule has 0 aromatic heterocycles. The summed E-state index contributed by atoms with van der Waals surface area (Å²) in [6.07, 6.45) is -0.220. The first-order valence-electron chi connectivity index (χ1n) is 7.41. The molecule has 2 atom stereocenters. The average Bonchev–Trinajstić information content (AvgIpc) is 2.48. The van der Waals surface area contributed by atoms with Crippen molar-refractivity contribution in [2.24, 2.45) is 0 Å². The van der Waals surface area contributed by atoms with Crippen LogP contribution < -0.4 is 4.74 Å². The molecule has 1 aliphatic rings. The summed E-state index contributed by atoms with van der Waals surface area (Å²) in [4.78, 5) is 11.1. The molecular weight excluding hydrogens is 299 g/mol. The highest BCUT2D eigenvalue weighted by atomic mass is 19.1. The number of fused-ring (bicyclic) bond motifs is 1. The van der Waals surface area contributed by atoms with Crippen LogP contribution >= 0.6 is 0 Å². The van der Waals surface area contributed by atoms with Gasteiger partial charge < -0.3 is 14.9 Å². The zero-order chi connectivity index (χ0) is 16.4. The van der Waals surface area contributed by atoms with Crippen LogP contribution in [0.1, 0.15) is 24.0 Å². The van der Waals surface area contributed by atoms with Crippen LogP contribution in [0.3, 0.4) is 0 Å². The van der Waals surface area contributed by atoms with E-state index in [1.54, 1.807) is 0 Å². The van der Waals surface area contributed by atoms with Crippen molar-refractivity contribution in [2.75, 3.05) is 0 Å². The number of carbonyl (C=O) groups is 1. The van der Waals surface area contributed by atoms with Crippen molar-refractivity contribution in [3.8, 4) is 5.75 Å². The molecule has 0 fully saturated rings. The predicted octanol–water partition coefficient (Wildman–Crippen LogP) is 2.88. The first kappa shape index (κ1) is 15.5. The Labute approximate surface area is 133 Å². The quantitative estimate of drug-likeness (QED) is 0.910. The van der Waals surface area contributed by atoms with Gasteiger partial charge >= 0.3 is 5.97 Å². The maximum Gasteiger partial charge on any atom is 0.306 e. The van der Waals surface area contributed by atoms with Gasteiger partial charge in [-0.2, -0.15) is 0 Å². The van der Waals surface area contributed by atoms with E-state index in [2.05, 4.69) is 0 Å². The van der Waals surface area contributed by atoms with E-state index >= 15 is 0 Å². The normalized spacial score (nSPS) is 23.0. The second-order valence-electron chi connectivity index (χ2n) is 5.88. The topological polar surface area (TPSA) is 66.8 Å². The van der Waals surface area contributed by atoms with Crippen LogP contribution in [-0.2, 0) is 16.8 Å². The number of aliphatic carboxylic acids is 1. The van der Waals surface area contributed by atoms with Crippen LogP contribution in [0.4, 0.5) is 4.39 Å². The number of rotatable bonds is 4. The molecule has 0 radical (unpaired) electrons. The number of hydrogen-bond acceptors (Lipinski definition) is 3. The van der Waals surface area contributed by atoms with Gasteiger partial charge in [-0.15, -0.1) is 0 Å². The van der Waals surface area contributed by atoms with E-state index in [1.807, 2.05) is 30.3 Å². The molecule has 0 aliphatic carbocycles.